The van der Waals surface area contributed by atoms with Crippen molar-refractivity contribution < 1.29 is 23.9 Å². The van der Waals surface area contributed by atoms with E-state index in [9.17, 15) is 19.2 Å². The third kappa shape index (κ3) is 2.91. The first kappa shape index (κ1) is 22.1. The van der Waals surface area contributed by atoms with Crippen LogP contribution in [0, 0.1) is 11.8 Å². The van der Waals surface area contributed by atoms with E-state index in [4.69, 9.17) is 4.74 Å². The topological polar surface area (TPSA) is 80.8 Å². The van der Waals surface area contributed by atoms with Crippen LogP contribution in [0.1, 0.15) is 44.9 Å². The molecule has 2 fully saturated rings. The Balaban J connectivity index is 1.53. The molecule has 0 N–H and O–H groups in total. The van der Waals surface area contributed by atoms with E-state index in [0.717, 1.165) is 21.4 Å². The van der Waals surface area contributed by atoms with Crippen LogP contribution in [0.4, 0.5) is 5.69 Å². The maximum atomic E-state index is 13.9. The molecule has 1 spiro atoms. The summed E-state index contributed by atoms with van der Waals surface area (Å²) in [4.78, 5) is 56.4. The highest BCUT2D eigenvalue weighted by atomic mass is 79.9. The molecule has 3 atom stereocenters. The lowest BCUT2D eigenvalue weighted by atomic mass is 9.77. The molecule has 0 aromatic heterocycles. The molecular weight excluding hydrogens is 510 g/mol. The highest BCUT2D eigenvalue weighted by Crippen LogP contribution is 2.57. The zero-order valence-electron chi connectivity index (χ0n) is 18.7. The van der Waals surface area contributed by atoms with E-state index >= 15 is 0 Å². The minimum atomic E-state index is -2.06. The van der Waals surface area contributed by atoms with Crippen molar-refractivity contribution in [1.82, 2.24) is 0 Å². The van der Waals surface area contributed by atoms with E-state index in [-0.39, 0.29) is 11.1 Å². The average Bonchev–Trinajstić information content (AvgIpc) is 3.44. The zero-order chi connectivity index (χ0) is 24.5. The molecule has 2 amide bonds. The number of imide groups is 1. The lowest BCUT2D eigenvalue weighted by Gasteiger charge is -2.27. The molecule has 1 aliphatic carbocycles. The molecule has 6 rings (SSSR count). The molecule has 6 nitrogen and oxygen atoms in total. The summed E-state index contributed by atoms with van der Waals surface area (Å²) in [7, 11) is 0. The predicted octanol–water partition coefficient (Wildman–Crippen LogP) is 4.71. The van der Waals surface area contributed by atoms with Gasteiger partial charge in [-0.2, -0.15) is 0 Å². The number of carbonyl (C=O) groups is 4. The van der Waals surface area contributed by atoms with E-state index in [1.807, 2.05) is 25.1 Å². The highest BCUT2D eigenvalue weighted by Gasteiger charge is 2.74. The van der Waals surface area contributed by atoms with Crippen LogP contribution in [-0.2, 0) is 20.7 Å². The quantitative estimate of drug-likeness (QED) is 0.362. The number of hydrogen-bond donors (Lipinski definition) is 0. The maximum Gasteiger partial charge on any atom is 0.241 e. The van der Waals surface area contributed by atoms with Gasteiger partial charge in [0.2, 0.25) is 29.0 Å². The van der Waals surface area contributed by atoms with Crippen molar-refractivity contribution in [3.8, 4) is 0 Å². The number of fused-ring (bicyclic) bond motifs is 3. The minimum Gasteiger partial charge on any atom is -0.349 e. The highest BCUT2D eigenvalue weighted by molar-refractivity contribution is 9.10. The second-order valence-corrected chi connectivity index (χ2v) is 9.98. The summed E-state index contributed by atoms with van der Waals surface area (Å²) in [5, 5.41) is 0. The molecule has 0 saturated carbocycles. The van der Waals surface area contributed by atoms with Crippen molar-refractivity contribution >= 4 is 45.0 Å². The van der Waals surface area contributed by atoms with Crippen molar-refractivity contribution in [3.63, 3.8) is 0 Å². The number of benzene rings is 3. The molecule has 2 heterocycles. The van der Waals surface area contributed by atoms with Gasteiger partial charge in [0.25, 0.3) is 0 Å². The van der Waals surface area contributed by atoms with Crippen LogP contribution < -0.4 is 4.90 Å². The van der Waals surface area contributed by atoms with Crippen molar-refractivity contribution in [1.29, 1.82) is 0 Å². The van der Waals surface area contributed by atoms with Gasteiger partial charge < -0.3 is 4.74 Å². The minimum absolute atomic E-state index is 0.220. The summed E-state index contributed by atoms with van der Waals surface area (Å²) in [6.07, 6.45) is -0.118. The number of hydrogen-bond acceptors (Lipinski definition) is 5. The van der Waals surface area contributed by atoms with Gasteiger partial charge in [0.1, 0.15) is 0 Å². The van der Waals surface area contributed by atoms with E-state index in [1.165, 1.54) is 0 Å². The van der Waals surface area contributed by atoms with Gasteiger partial charge in [0, 0.05) is 15.6 Å². The summed E-state index contributed by atoms with van der Waals surface area (Å²) in [5.41, 5.74) is 0.481. The smallest absolute Gasteiger partial charge is 0.241 e. The van der Waals surface area contributed by atoms with Gasteiger partial charge in [0.15, 0.2) is 0 Å². The Morgan fingerprint density at radius 2 is 1.51 bits per heavy atom. The van der Waals surface area contributed by atoms with Crippen LogP contribution in [0.25, 0.3) is 0 Å². The summed E-state index contributed by atoms with van der Waals surface area (Å²) < 4.78 is 7.06. The van der Waals surface area contributed by atoms with E-state index in [1.54, 1.807) is 54.6 Å². The van der Waals surface area contributed by atoms with Gasteiger partial charge in [-0.3, -0.25) is 19.2 Å². The average molecular weight is 530 g/mol. The monoisotopic (exact) mass is 529 g/mol. The number of amides is 2. The number of carbonyl (C=O) groups excluding carboxylic acids is 4. The van der Waals surface area contributed by atoms with Gasteiger partial charge in [-0.1, -0.05) is 71.4 Å². The first-order valence-electron chi connectivity index (χ1n) is 11.5. The molecule has 0 radical (unpaired) electrons. The molecule has 3 aliphatic rings. The Bertz CT molecular complexity index is 1390. The standard InChI is InChI=1S/C28H20BrNO5/c1-2-15-10-12-18(13-11-15)30-26(33)21-22(27(30)34)28(35-23(21)16-6-5-7-17(29)14-16)24(31)19-8-3-4-9-20(19)25(28)32/h3-14,21-23H,2H2,1H3/t21-,22+,23+/m1/s1. The van der Waals surface area contributed by atoms with Crippen LogP contribution in [0.3, 0.4) is 0 Å². The summed E-state index contributed by atoms with van der Waals surface area (Å²) >= 11 is 3.44. The molecule has 2 aliphatic heterocycles. The summed E-state index contributed by atoms with van der Waals surface area (Å²) in [5.74, 6) is -4.44. The fourth-order valence-electron chi connectivity index (χ4n) is 5.64. The van der Waals surface area contributed by atoms with Gasteiger partial charge in [-0.25, -0.2) is 4.90 Å². The molecule has 35 heavy (non-hydrogen) atoms. The zero-order valence-corrected chi connectivity index (χ0v) is 20.3. The number of anilines is 1. The third-order valence-electron chi connectivity index (χ3n) is 7.30. The molecule has 2 saturated heterocycles. The number of ketones is 2. The maximum absolute atomic E-state index is 13.9. The number of rotatable bonds is 3. The van der Waals surface area contributed by atoms with E-state index in [0.29, 0.717) is 11.3 Å². The van der Waals surface area contributed by atoms with Gasteiger partial charge in [-0.05, 0) is 41.8 Å². The van der Waals surface area contributed by atoms with Crippen molar-refractivity contribution in [2.45, 2.75) is 25.0 Å². The lowest BCUT2D eigenvalue weighted by molar-refractivity contribution is -0.127. The second-order valence-electron chi connectivity index (χ2n) is 9.07. The molecule has 3 aromatic rings. The van der Waals surface area contributed by atoms with Crippen LogP contribution >= 0.6 is 15.9 Å². The first-order valence-corrected chi connectivity index (χ1v) is 12.3. The van der Waals surface area contributed by atoms with Gasteiger partial charge in [-0.15, -0.1) is 0 Å². The largest absolute Gasteiger partial charge is 0.349 e. The molecule has 7 heteroatoms. The normalized spacial score (nSPS) is 24.4. The summed E-state index contributed by atoms with van der Waals surface area (Å²) in [6.45, 7) is 2.02. The third-order valence-corrected chi connectivity index (χ3v) is 7.79. The Labute approximate surface area is 210 Å². The van der Waals surface area contributed by atoms with Crippen LogP contribution in [0.2, 0.25) is 0 Å². The fourth-order valence-corrected chi connectivity index (χ4v) is 6.05. The summed E-state index contributed by atoms with van der Waals surface area (Å²) in [6, 6.07) is 20.8. The van der Waals surface area contributed by atoms with E-state index < -0.39 is 46.9 Å². The number of aryl methyl sites for hydroxylation is 1. The van der Waals surface area contributed by atoms with Crippen molar-refractivity contribution in [2.75, 3.05) is 4.90 Å². The second kappa shape index (κ2) is 7.80. The Kier molecular flexibility index (Phi) is 4.92. The van der Waals surface area contributed by atoms with Crippen LogP contribution in [0.15, 0.2) is 77.3 Å². The lowest BCUT2D eigenvalue weighted by Crippen LogP contribution is -2.51. The SMILES string of the molecule is CCc1ccc(N2C(=O)[C@@H]3[C@@H](C2=O)C2(O[C@H]3c3cccc(Br)c3)C(=O)c3ccccc3C2=O)cc1. The Morgan fingerprint density at radius 3 is 2.11 bits per heavy atom. The molecule has 3 aromatic carbocycles. The number of halogens is 1. The molecule has 0 unspecified atom stereocenters. The number of nitrogens with zero attached hydrogens (tertiary/aromatic N) is 1. The molecule has 0 bridgehead atoms. The molecular formula is C28H20BrNO5. The first-order chi connectivity index (χ1) is 16.9. The number of Topliss-reactive ketones (excluding diaryl/α,β-unsaturated/α-hetero) is 2. The van der Waals surface area contributed by atoms with Crippen molar-refractivity contribution in [2.24, 2.45) is 11.8 Å². The van der Waals surface area contributed by atoms with Crippen LogP contribution in [-0.4, -0.2) is 29.0 Å². The van der Waals surface area contributed by atoms with Gasteiger partial charge in [0.05, 0.1) is 23.6 Å². The Morgan fingerprint density at radius 1 is 0.857 bits per heavy atom. The van der Waals surface area contributed by atoms with E-state index in [2.05, 4.69) is 15.9 Å². The van der Waals surface area contributed by atoms with Crippen LogP contribution in [0.5, 0.6) is 0 Å². The Hall–Kier alpha value is -3.42. The fraction of sp³-hybridized carbons (Fsp3) is 0.214. The molecule has 174 valence electrons. The van der Waals surface area contributed by atoms with Gasteiger partial charge >= 0.3 is 0 Å². The predicted molar refractivity (Wildman–Crippen MR) is 131 cm³/mol. The van der Waals surface area contributed by atoms with Crippen molar-refractivity contribution in [3.05, 3.63) is 99.5 Å². The number of ether oxygens (including phenoxy) is 1.